The van der Waals surface area contributed by atoms with E-state index in [2.05, 4.69) is 24.6 Å². The molecule has 0 aromatic rings. The van der Waals surface area contributed by atoms with Gasteiger partial charge in [0, 0.05) is 6.54 Å². The fourth-order valence-corrected chi connectivity index (χ4v) is 0.627. The number of thiocarbonyl (C=S) groups is 1. The van der Waals surface area contributed by atoms with Gasteiger partial charge in [0.1, 0.15) is 0 Å². The van der Waals surface area contributed by atoms with Crippen molar-refractivity contribution in [3.63, 3.8) is 0 Å². The molecule has 4 heteroatoms. The maximum Gasteiger partial charge on any atom is 0.180 e. The molecule has 0 radical (unpaired) electrons. The average molecular weight is 161 g/mol. The number of hydrazine groups is 1. The van der Waals surface area contributed by atoms with Gasteiger partial charge in [0.2, 0.25) is 0 Å². The van der Waals surface area contributed by atoms with Gasteiger partial charge >= 0.3 is 0 Å². The Labute approximate surface area is 67.3 Å². The molecule has 0 bridgehead atoms. The Balaban J connectivity index is 3.12. The topological polar surface area (TPSA) is 50.1 Å². The van der Waals surface area contributed by atoms with Crippen LogP contribution in [-0.4, -0.2) is 11.7 Å². The molecule has 0 saturated heterocycles. The molecule has 0 fully saturated rings. The molecule has 0 aromatic heterocycles. The third kappa shape index (κ3) is 5.78. The van der Waals surface area contributed by atoms with Crippen molar-refractivity contribution < 1.29 is 0 Å². The van der Waals surface area contributed by atoms with Crippen LogP contribution in [0.3, 0.4) is 0 Å². The standard InChI is InChI=1S/C6H15N3S/c1-5(2)3-4-8-6(10)9-7/h5H,3-4,7H2,1-2H3,(H2,8,9,10). The summed E-state index contributed by atoms with van der Waals surface area (Å²) in [6, 6.07) is 0. The highest BCUT2D eigenvalue weighted by Crippen LogP contribution is 1.95. The Hall–Kier alpha value is -0.350. The fraction of sp³-hybridized carbons (Fsp3) is 0.833. The van der Waals surface area contributed by atoms with Crippen LogP contribution in [0.25, 0.3) is 0 Å². The molecule has 4 N–H and O–H groups in total. The van der Waals surface area contributed by atoms with Crippen LogP contribution in [0.2, 0.25) is 0 Å². The third-order valence-electron chi connectivity index (χ3n) is 1.14. The van der Waals surface area contributed by atoms with Gasteiger partial charge in [-0.25, -0.2) is 5.84 Å². The molecule has 0 amide bonds. The van der Waals surface area contributed by atoms with E-state index in [4.69, 9.17) is 18.1 Å². The lowest BCUT2D eigenvalue weighted by atomic mass is 10.1. The fourth-order valence-electron chi connectivity index (χ4n) is 0.525. The molecule has 0 heterocycles. The lowest BCUT2D eigenvalue weighted by Gasteiger charge is -2.07. The first-order valence-electron chi connectivity index (χ1n) is 3.41. The summed E-state index contributed by atoms with van der Waals surface area (Å²) in [6.45, 7) is 5.22. The Morgan fingerprint density at radius 2 is 2.20 bits per heavy atom. The van der Waals surface area contributed by atoms with Crippen LogP contribution < -0.4 is 16.6 Å². The first-order chi connectivity index (χ1) is 4.66. The van der Waals surface area contributed by atoms with Crippen molar-refractivity contribution >= 4 is 17.3 Å². The summed E-state index contributed by atoms with van der Waals surface area (Å²) in [5.41, 5.74) is 2.36. The lowest BCUT2D eigenvalue weighted by Crippen LogP contribution is -2.40. The predicted molar refractivity (Wildman–Crippen MR) is 47.4 cm³/mol. The summed E-state index contributed by atoms with van der Waals surface area (Å²) < 4.78 is 0. The van der Waals surface area contributed by atoms with Gasteiger partial charge in [0.25, 0.3) is 0 Å². The number of rotatable bonds is 3. The molecule has 0 aliphatic heterocycles. The normalized spacial score (nSPS) is 9.60. The van der Waals surface area contributed by atoms with Gasteiger partial charge in [-0.05, 0) is 24.6 Å². The minimum atomic E-state index is 0.514. The van der Waals surface area contributed by atoms with E-state index in [1.807, 2.05) is 0 Å². The van der Waals surface area contributed by atoms with Crippen LogP contribution in [0.15, 0.2) is 0 Å². The summed E-state index contributed by atoms with van der Waals surface area (Å²) in [5.74, 6) is 5.74. The van der Waals surface area contributed by atoms with Gasteiger partial charge in [-0.2, -0.15) is 0 Å². The van der Waals surface area contributed by atoms with E-state index in [-0.39, 0.29) is 0 Å². The van der Waals surface area contributed by atoms with E-state index in [9.17, 15) is 0 Å². The van der Waals surface area contributed by atoms with Crippen LogP contribution in [0.1, 0.15) is 20.3 Å². The van der Waals surface area contributed by atoms with Crippen molar-refractivity contribution in [3.05, 3.63) is 0 Å². The second-order valence-corrected chi connectivity index (χ2v) is 2.99. The zero-order valence-corrected chi connectivity index (χ0v) is 7.29. The van der Waals surface area contributed by atoms with Gasteiger partial charge in [-0.15, -0.1) is 0 Å². The predicted octanol–water partition coefficient (Wildman–Crippen LogP) is 0.370. The average Bonchev–Trinajstić information content (AvgIpc) is 1.87. The Kier molecular flexibility index (Phi) is 5.25. The van der Waals surface area contributed by atoms with Crippen molar-refractivity contribution in [2.24, 2.45) is 11.8 Å². The lowest BCUT2D eigenvalue weighted by molar-refractivity contribution is 0.576. The molecule has 0 spiro atoms. The van der Waals surface area contributed by atoms with Gasteiger partial charge in [0.15, 0.2) is 5.11 Å². The van der Waals surface area contributed by atoms with Crippen molar-refractivity contribution in [3.8, 4) is 0 Å². The number of nitrogens with two attached hydrogens (primary N) is 1. The largest absolute Gasteiger partial charge is 0.362 e. The molecule has 3 nitrogen and oxygen atoms in total. The van der Waals surface area contributed by atoms with Gasteiger partial charge in [0.05, 0.1) is 0 Å². The molecule has 0 saturated carbocycles. The summed E-state index contributed by atoms with van der Waals surface area (Å²) in [6.07, 6.45) is 1.11. The monoisotopic (exact) mass is 161 g/mol. The Bertz CT molecular complexity index is 103. The van der Waals surface area contributed by atoms with E-state index in [0.717, 1.165) is 13.0 Å². The van der Waals surface area contributed by atoms with E-state index >= 15 is 0 Å². The van der Waals surface area contributed by atoms with E-state index < -0.39 is 0 Å². The van der Waals surface area contributed by atoms with Crippen molar-refractivity contribution in [1.82, 2.24) is 10.7 Å². The summed E-state index contributed by atoms with van der Waals surface area (Å²) in [4.78, 5) is 0. The van der Waals surface area contributed by atoms with Crippen molar-refractivity contribution in [1.29, 1.82) is 0 Å². The van der Waals surface area contributed by atoms with Crippen LogP contribution >= 0.6 is 12.2 Å². The van der Waals surface area contributed by atoms with E-state index in [1.165, 1.54) is 0 Å². The number of hydrogen-bond donors (Lipinski definition) is 3. The van der Waals surface area contributed by atoms with Crippen LogP contribution in [0.4, 0.5) is 0 Å². The number of nitrogens with one attached hydrogen (secondary N) is 2. The molecule has 0 unspecified atom stereocenters. The smallest absolute Gasteiger partial charge is 0.180 e. The Morgan fingerprint density at radius 1 is 1.60 bits per heavy atom. The van der Waals surface area contributed by atoms with E-state index in [1.54, 1.807) is 0 Å². The molecule has 0 atom stereocenters. The second-order valence-electron chi connectivity index (χ2n) is 2.58. The molecule has 0 aromatic carbocycles. The molecule has 0 rings (SSSR count). The minimum Gasteiger partial charge on any atom is -0.362 e. The highest BCUT2D eigenvalue weighted by Gasteiger charge is 1.93. The summed E-state index contributed by atoms with van der Waals surface area (Å²) in [7, 11) is 0. The summed E-state index contributed by atoms with van der Waals surface area (Å²) >= 11 is 4.76. The Morgan fingerprint density at radius 3 is 2.60 bits per heavy atom. The number of hydrogen-bond acceptors (Lipinski definition) is 2. The van der Waals surface area contributed by atoms with Crippen LogP contribution in [0, 0.1) is 5.92 Å². The van der Waals surface area contributed by atoms with Crippen molar-refractivity contribution in [2.75, 3.05) is 6.54 Å². The van der Waals surface area contributed by atoms with Gasteiger partial charge in [-0.3, -0.25) is 0 Å². The van der Waals surface area contributed by atoms with Crippen LogP contribution in [0.5, 0.6) is 0 Å². The van der Waals surface area contributed by atoms with Gasteiger partial charge < -0.3 is 10.7 Å². The van der Waals surface area contributed by atoms with E-state index in [0.29, 0.717) is 11.0 Å². The molecular weight excluding hydrogens is 146 g/mol. The summed E-state index contributed by atoms with van der Waals surface area (Å²) in [5, 5.41) is 3.47. The zero-order valence-electron chi connectivity index (χ0n) is 6.48. The molecule has 60 valence electrons. The highest BCUT2D eigenvalue weighted by molar-refractivity contribution is 7.80. The first kappa shape index (κ1) is 9.65. The molecular formula is C6H15N3S. The van der Waals surface area contributed by atoms with Crippen LogP contribution in [-0.2, 0) is 0 Å². The quantitative estimate of drug-likeness (QED) is 0.318. The first-order valence-corrected chi connectivity index (χ1v) is 3.82. The maximum absolute atomic E-state index is 5.04. The highest BCUT2D eigenvalue weighted by atomic mass is 32.1. The van der Waals surface area contributed by atoms with Gasteiger partial charge in [-0.1, -0.05) is 13.8 Å². The second kappa shape index (κ2) is 5.44. The minimum absolute atomic E-state index is 0.514. The molecule has 10 heavy (non-hydrogen) atoms. The third-order valence-corrected chi connectivity index (χ3v) is 1.40. The molecule has 0 aliphatic carbocycles. The zero-order chi connectivity index (χ0) is 7.98. The SMILES string of the molecule is CC(C)CCNC(=S)NN. The maximum atomic E-state index is 5.04. The van der Waals surface area contributed by atoms with Crippen molar-refractivity contribution in [2.45, 2.75) is 20.3 Å². The molecule has 0 aliphatic rings.